The summed E-state index contributed by atoms with van der Waals surface area (Å²) < 4.78 is 2.19. The molecule has 0 saturated carbocycles. The van der Waals surface area contributed by atoms with Crippen LogP contribution in [0.4, 0.5) is 5.69 Å². The van der Waals surface area contributed by atoms with Crippen molar-refractivity contribution in [3.8, 4) is 0 Å². The molecule has 0 saturated heterocycles. The number of anilines is 1. The molecule has 0 aliphatic carbocycles. The summed E-state index contributed by atoms with van der Waals surface area (Å²) in [4.78, 5) is 16.3. The molecule has 0 aliphatic heterocycles. The number of nitrogens with zero attached hydrogens (tertiary/aromatic N) is 2. The van der Waals surface area contributed by atoms with E-state index in [-0.39, 0.29) is 5.91 Å². The van der Waals surface area contributed by atoms with Gasteiger partial charge in [0.1, 0.15) is 0 Å². The Bertz CT molecular complexity index is 1140. The van der Waals surface area contributed by atoms with E-state index in [9.17, 15) is 4.79 Å². The average Bonchev–Trinajstić information content (AvgIpc) is 3.05. The predicted molar refractivity (Wildman–Crippen MR) is 119 cm³/mol. The Labute approximate surface area is 179 Å². The maximum Gasteiger partial charge on any atom is 0.224 e. The summed E-state index contributed by atoms with van der Waals surface area (Å²) >= 11 is 12.2. The van der Waals surface area contributed by atoms with Gasteiger partial charge in [0, 0.05) is 58.2 Å². The van der Waals surface area contributed by atoms with Crippen molar-refractivity contribution in [1.29, 1.82) is 0 Å². The molecule has 1 N–H and O–H groups in total. The highest BCUT2D eigenvalue weighted by atomic mass is 35.5. The van der Waals surface area contributed by atoms with Crippen LogP contribution >= 0.6 is 23.2 Å². The monoisotopic (exact) mass is 423 g/mol. The number of hydrogen-bond donors (Lipinski definition) is 1. The molecule has 0 aliphatic rings. The molecule has 146 valence electrons. The van der Waals surface area contributed by atoms with Crippen LogP contribution in [-0.4, -0.2) is 15.5 Å². The van der Waals surface area contributed by atoms with Crippen molar-refractivity contribution in [2.24, 2.45) is 0 Å². The van der Waals surface area contributed by atoms with Gasteiger partial charge < -0.3 is 9.88 Å². The van der Waals surface area contributed by atoms with E-state index < -0.39 is 0 Å². The number of carbonyl (C=O) groups is 1. The van der Waals surface area contributed by atoms with Crippen LogP contribution in [0.15, 0.2) is 73.2 Å². The lowest BCUT2D eigenvalue weighted by Gasteiger charge is -2.06. The van der Waals surface area contributed by atoms with Crippen LogP contribution in [0.1, 0.15) is 17.5 Å². The first-order valence-corrected chi connectivity index (χ1v) is 10.1. The summed E-state index contributed by atoms with van der Waals surface area (Å²) in [7, 11) is 0. The number of hydrogen-bond acceptors (Lipinski definition) is 2. The smallest absolute Gasteiger partial charge is 0.224 e. The van der Waals surface area contributed by atoms with Crippen molar-refractivity contribution >= 4 is 45.7 Å². The lowest BCUT2D eigenvalue weighted by molar-refractivity contribution is -0.116. The van der Waals surface area contributed by atoms with Crippen LogP contribution in [0.5, 0.6) is 0 Å². The Hall–Kier alpha value is -2.82. The van der Waals surface area contributed by atoms with Gasteiger partial charge in [0.2, 0.25) is 5.91 Å². The normalized spacial score (nSPS) is 11.0. The van der Waals surface area contributed by atoms with Crippen LogP contribution < -0.4 is 5.32 Å². The summed E-state index contributed by atoms with van der Waals surface area (Å²) in [6.45, 7) is 0.721. The third-order valence-corrected chi connectivity index (χ3v) is 5.26. The minimum absolute atomic E-state index is 0.0307. The molecule has 0 radical (unpaired) electrons. The number of halogens is 2. The zero-order chi connectivity index (χ0) is 20.2. The first kappa shape index (κ1) is 19.5. The van der Waals surface area contributed by atoms with Crippen molar-refractivity contribution in [3.63, 3.8) is 0 Å². The van der Waals surface area contributed by atoms with E-state index in [4.69, 9.17) is 23.2 Å². The fourth-order valence-corrected chi connectivity index (χ4v) is 3.66. The number of fused-ring (bicyclic) bond motifs is 1. The molecule has 29 heavy (non-hydrogen) atoms. The zero-order valence-electron chi connectivity index (χ0n) is 15.6. The molecule has 2 aromatic carbocycles. The number of nitrogens with one attached hydrogen (secondary N) is 1. The highest BCUT2D eigenvalue weighted by Crippen LogP contribution is 2.27. The summed E-state index contributed by atoms with van der Waals surface area (Å²) in [5.41, 5.74) is 4.09. The van der Waals surface area contributed by atoms with Gasteiger partial charge in [-0.1, -0.05) is 35.3 Å². The number of rotatable bonds is 6. The molecule has 4 aromatic rings. The van der Waals surface area contributed by atoms with E-state index in [1.54, 1.807) is 24.5 Å². The lowest BCUT2D eigenvalue weighted by Crippen LogP contribution is -2.12. The Morgan fingerprint density at radius 3 is 2.45 bits per heavy atom. The molecular formula is C23H19Cl2N3O. The van der Waals surface area contributed by atoms with Gasteiger partial charge in [-0.25, -0.2) is 0 Å². The van der Waals surface area contributed by atoms with Gasteiger partial charge in [-0.15, -0.1) is 0 Å². The molecule has 0 atom stereocenters. The summed E-state index contributed by atoms with van der Waals surface area (Å²) in [6.07, 6.45) is 6.43. The van der Waals surface area contributed by atoms with Gasteiger partial charge in [0.25, 0.3) is 0 Å². The minimum Gasteiger partial charge on any atom is -0.343 e. The summed E-state index contributed by atoms with van der Waals surface area (Å²) in [5, 5.41) is 5.38. The van der Waals surface area contributed by atoms with Crippen LogP contribution in [0.25, 0.3) is 10.9 Å². The van der Waals surface area contributed by atoms with Gasteiger partial charge >= 0.3 is 0 Å². The molecule has 0 unspecified atom stereocenters. The molecule has 6 heteroatoms. The minimum atomic E-state index is -0.0307. The van der Waals surface area contributed by atoms with Crippen LogP contribution in [0.3, 0.4) is 0 Å². The molecular weight excluding hydrogens is 405 g/mol. The van der Waals surface area contributed by atoms with E-state index in [0.29, 0.717) is 17.9 Å². The number of amides is 1. The maximum absolute atomic E-state index is 12.3. The van der Waals surface area contributed by atoms with Gasteiger partial charge in [0.15, 0.2) is 0 Å². The molecule has 2 heterocycles. The highest BCUT2D eigenvalue weighted by molar-refractivity contribution is 6.31. The largest absolute Gasteiger partial charge is 0.343 e. The molecule has 0 spiro atoms. The number of pyridine rings is 1. The second-order valence-corrected chi connectivity index (χ2v) is 7.73. The molecule has 4 nitrogen and oxygen atoms in total. The van der Waals surface area contributed by atoms with Crippen LogP contribution in [0, 0.1) is 0 Å². The van der Waals surface area contributed by atoms with Gasteiger partial charge in [-0.05, 0) is 60.0 Å². The number of carbonyl (C=O) groups excluding carboxylic acids is 1. The first-order valence-electron chi connectivity index (χ1n) is 9.30. The van der Waals surface area contributed by atoms with Crippen LogP contribution in [-0.2, 0) is 17.8 Å². The molecule has 1 amide bonds. The fourth-order valence-electron chi connectivity index (χ4n) is 3.37. The van der Waals surface area contributed by atoms with Crippen LogP contribution in [0.2, 0.25) is 10.0 Å². The Balaban J connectivity index is 1.54. The molecule has 2 aromatic heterocycles. The molecule has 0 fully saturated rings. The topological polar surface area (TPSA) is 46.9 Å². The second kappa shape index (κ2) is 8.68. The number of aromatic nitrogens is 2. The summed E-state index contributed by atoms with van der Waals surface area (Å²) in [5.74, 6) is -0.0307. The molecule has 4 rings (SSSR count). The summed E-state index contributed by atoms with van der Waals surface area (Å²) in [6, 6.07) is 17.2. The van der Waals surface area contributed by atoms with E-state index in [0.717, 1.165) is 39.3 Å². The Kier molecular flexibility index (Phi) is 5.84. The van der Waals surface area contributed by atoms with Crippen molar-refractivity contribution in [1.82, 2.24) is 9.55 Å². The number of benzene rings is 2. The zero-order valence-corrected chi connectivity index (χ0v) is 17.1. The quantitative estimate of drug-likeness (QED) is 0.415. The SMILES string of the molecule is O=C(CCc1cn(Cc2ccc(Cl)cc2)c2ccc(Cl)cc12)Nc1ccncc1. The van der Waals surface area contributed by atoms with Crippen molar-refractivity contribution in [2.45, 2.75) is 19.4 Å². The highest BCUT2D eigenvalue weighted by Gasteiger charge is 2.12. The van der Waals surface area contributed by atoms with E-state index in [1.165, 1.54) is 0 Å². The predicted octanol–water partition coefficient (Wildman–Crippen LogP) is 5.96. The standard InChI is InChI=1S/C23H19Cl2N3O/c24-18-4-1-16(2-5-18)14-28-15-17(21-13-19(25)6-7-22(21)28)3-8-23(29)27-20-9-11-26-12-10-20/h1-2,4-7,9-13,15H,3,8,14H2,(H,26,27,29). The first-order chi connectivity index (χ1) is 14.1. The van der Waals surface area contributed by atoms with E-state index >= 15 is 0 Å². The Morgan fingerprint density at radius 1 is 0.966 bits per heavy atom. The van der Waals surface area contributed by atoms with Crippen molar-refractivity contribution in [3.05, 3.63) is 94.4 Å². The van der Waals surface area contributed by atoms with E-state index in [2.05, 4.69) is 21.1 Å². The van der Waals surface area contributed by atoms with Crippen molar-refractivity contribution < 1.29 is 4.79 Å². The third kappa shape index (κ3) is 4.78. The third-order valence-electron chi connectivity index (χ3n) is 4.78. The maximum atomic E-state index is 12.3. The lowest BCUT2D eigenvalue weighted by atomic mass is 10.1. The fraction of sp³-hybridized carbons (Fsp3) is 0.130. The number of aryl methyl sites for hydroxylation is 1. The van der Waals surface area contributed by atoms with Gasteiger partial charge in [-0.3, -0.25) is 9.78 Å². The second-order valence-electron chi connectivity index (χ2n) is 6.85. The van der Waals surface area contributed by atoms with Gasteiger partial charge in [0.05, 0.1) is 0 Å². The Morgan fingerprint density at radius 2 is 1.69 bits per heavy atom. The van der Waals surface area contributed by atoms with Gasteiger partial charge in [-0.2, -0.15) is 0 Å². The molecule has 0 bridgehead atoms. The van der Waals surface area contributed by atoms with E-state index in [1.807, 2.05) is 42.5 Å². The average molecular weight is 424 g/mol. The van der Waals surface area contributed by atoms with Crippen molar-refractivity contribution in [2.75, 3.05) is 5.32 Å².